The number of carbonyl (C=O) groups is 1. The minimum absolute atomic E-state index is 0.0742. The Morgan fingerprint density at radius 3 is 2.65 bits per heavy atom. The van der Waals surface area contributed by atoms with Crippen LogP contribution in [0.1, 0.15) is 11.1 Å². The monoisotopic (exact) mass is 373 g/mol. The number of rotatable bonds is 0. The molecule has 0 aromatic heterocycles. The van der Waals surface area contributed by atoms with E-state index in [1.54, 1.807) is 0 Å². The standard InChI is InChI=1S/C17H12BrNO4/c18-10-2-1-3-11-15(10)17(16(20)19-11)8-23-12-7-14-13(6-9(12)17)21-4-5-22-14/h1-3,6-7H,4-5,8H2,(H,19,20). The van der Waals surface area contributed by atoms with E-state index >= 15 is 0 Å². The van der Waals surface area contributed by atoms with Gasteiger partial charge in [-0.05, 0) is 18.2 Å². The van der Waals surface area contributed by atoms with Crippen LogP contribution in [0.3, 0.4) is 0 Å². The number of hydrogen-bond acceptors (Lipinski definition) is 4. The molecule has 3 heterocycles. The molecule has 1 unspecified atom stereocenters. The van der Waals surface area contributed by atoms with Crippen LogP contribution < -0.4 is 19.5 Å². The highest BCUT2D eigenvalue weighted by Gasteiger charge is 2.55. The molecular formula is C17H12BrNO4. The normalized spacial score (nSPS) is 23.3. The zero-order valence-corrected chi connectivity index (χ0v) is 13.6. The molecule has 1 amide bonds. The number of benzene rings is 2. The fourth-order valence-corrected chi connectivity index (χ4v) is 4.29. The van der Waals surface area contributed by atoms with Crippen LogP contribution in [0.25, 0.3) is 0 Å². The first-order valence-electron chi connectivity index (χ1n) is 7.37. The van der Waals surface area contributed by atoms with Gasteiger partial charge in [-0.1, -0.05) is 22.0 Å². The van der Waals surface area contributed by atoms with Gasteiger partial charge < -0.3 is 19.5 Å². The van der Waals surface area contributed by atoms with Crippen LogP contribution in [-0.4, -0.2) is 25.7 Å². The summed E-state index contributed by atoms with van der Waals surface area (Å²) < 4.78 is 18.0. The van der Waals surface area contributed by atoms with E-state index in [0.29, 0.717) is 30.5 Å². The van der Waals surface area contributed by atoms with E-state index in [1.807, 2.05) is 30.3 Å². The topological polar surface area (TPSA) is 56.8 Å². The van der Waals surface area contributed by atoms with Gasteiger partial charge in [-0.25, -0.2) is 0 Å². The van der Waals surface area contributed by atoms with Crippen molar-refractivity contribution < 1.29 is 19.0 Å². The lowest BCUT2D eigenvalue weighted by Crippen LogP contribution is -2.37. The molecule has 1 atom stereocenters. The summed E-state index contributed by atoms with van der Waals surface area (Å²) in [5.74, 6) is 1.92. The second-order valence-corrected chi connectivity index (χ2v) is 6.66. The number of hydrogen-bond donors (Lipinski definition) is 1. The summed E-state index contributed by atoms with van der Waals surface area (Å²) >= 11 is 3.58. The van der Waals surface area contributed by atoms with Gasteiger partial charge in [-0.3, -0.25) is 4.79 Å². The smallest absolute Gasteiger partial charge is 0.243 e. The van der Waals surface area contributed by atoms with Gasteiger partial charge in [0.1, 0.15) is 31.0 Å². The van der Waals surface area contributed by atoms with Crippen LogP contribution in [0.5, 0.6) is 17.2 Å². The molecule has 1 N–H and O–H groups in total. The Kier molecular flexibility index (Phi) is 2.54. The Morgan fingerprint density at radius 1 is 1.04 bits per heavy atom. The van der Waals surface area contributed by atoms with Gasteiger partial charge in [0.05, 0.1) is 0 Å². The molecule has 23 heavy (non-hydrogen) atoms. The third-order valence-electron chi connectivity index (χ3n) is 4.62. The van der Waals surface area contributed by atoms with Gasteiger partial charge in [0.2, 0.25) is 5.91 Å². The molecule has 5 rings (SSSR count). The van der Waals surface area contributed by atoms with Crippen LogP contribution in [0.4, 0.5) is 5.69 Å². The Balaban J connectivity index is 1.78. The molecule has 1 spiro atoms. The zero-order valence-electron chi connectivity index (χ0n) is 12.0. The van der Waals surface area contributed by atoms with Gasteiger partial charge in [0, 0.05) is 27.4 Å². The van der Waals surface area contributed by atoms with Crippen LogP contribution in [0.2, 0.25) is 0 Å². The van der Waals surface area contributed by atoms with Crippen LogP contribution in [0.15, 0.2) is 34.8 Å². The van der Waals surface area contributed by atoms with Crippen LogP contribution >= 0.6 is 15.9 Å². The van der Waals surface area contributed by atoms with Gasteiger partial charge in [-0.2, -0.15) is 0 Å². The van der Waals surface area contributed by atoms with Gasteiger partial charge in [-0.15, -0.1) is 0 Å². The fourth-order valence-electron chi connectivity index (χ4n) is 3.59. The molecule has 2 aromatic rings. The molecule has 0 radical (unpaired) electrons. The molecular weight excluding hydrogens is 362 g/mol. The van der Waals surface area contributed by atoms with E-state index in [2.05, 4.69) is 21.2 Å². The first-order valence-corrected chi connectivity index (χ1v) is 8.17. The van der Waals surface area contributed by atoms with E-state index in [9.17, 15) is 4.79 Å². The number of nitrogens with one attached hydrogen (secondary N) is 1. The predicted molar refractivity (Wildman–Crippen MR) is 86.5 cm³/mol. The first-order chi connectivity index (χ1) is 11.2. The fraction of sp³-hybridized carbons (Fsp3) is 0.235. The van der Waals surface area contributed by atoms with Crippen molar-refractivity contribution in [1.29, 1.82) is 0 Å². The van der Waals surface area contributed by atoms with Crippen molar-refractivity contribution in [3.63, 3.8) is 0 Å². The minimum atomic E-state index is -0.847. The molecule has 0 bridgehead atoms. The molecule has 0 saturated carbocycles. The predicted octanol–water partition coefficient (Wildman–Crippen LogP) is 2.85. The molecule has 0 saturated heterocycles. The number of anilines is 1. The van der Waals surface area contributed by atoms with Crippen molar-refractivity contribution in [3.05, 3.63) is 45.9 Å². The van der Waals surface area contributed by atoms with Crippen molar-refractivity contribution in [2.45, 2.75) is 5.41 Å². The molecule has 3 aliphatic heterocycles. The van der Waals surface area contributed by atoms with Crippen molar-refractivity contribution >= 4 is 27.5 Å². The third-order valence-corrected chi connectivity index (χ3v) is 5.29. The highest BCUT2D eigenvalue weighted by atomic mass is 79.9. The van der Waals surface area contributed by atoms with Crippen molar-refractivity contribution in [2.75, 3.05) is 25.1 Å². The summed E-state index contributed by atoms with van der Waals surface area (Å²) in [5, 5.41) is 2.97. The molecule has 3 aliphatic rings. The van der Waals surface area contributed by atoms with Crippen molar-refractivity contribution in [1.82, 2.24) is 0 Å². The lowest BCUT2D eigenvalue weighted by molar-refractivity contribution is -0.119. The number of carbonyl (C=O) groups excluding carboxylic acids is 1. The maximum absolute atomic E-state index is 12.9. The van der Waals surface area contributed by atoms with E-state index in [0.717, 1.165) is 21.3 Å². The zero-order chi connectivity index (χ0) is 15.6. The summed E-state index contributed by atoms with van der Waals surface area (Å²) in [4.78, 5) is 12.9. The number of halogens is 1. The lowest BCUT2D eigenvalue weighted by Gasteiger charge is -2.23. The minimum Gasteiger partial charge on any atom is -0.491 e. The van der Waals surface area contributed by atoms with Crippen molar-refractivity contribution in [3.8, 4) is 17.2 Å². The maximum atomic E-state index is 12.9. The van der Waals surface area contributed by atoms with E-state index in [-0.39, 0.29) is 12.5 Å². The molecule has 0 fully saturated rings. The first kappa shape index (κ1) is 13.2. The largest absolute Gasteiger partial charge is 0.491 e. The van der Waals surface area contributed by atoms with Gasteiger partial charge in [0.25, 0.3) is 0 Å². The molecule has 0 aliphatic carbocycles. The third kappa shape index (κ3) is 1.59. The highest BCUT2D eigenvalue weighted by molar-refractivity contribution is 9.10. The molecule has 2 aromatic carbocycles. The Bertz CT molecular complexity index is 866. The SMILES string of the molecule is O=C1Nc2cccc(Br)c2C12COc1cc3c(cc12)OCCO3. The average Bonchev–Trinajstić information content (AvgIpc) is 3.06. The summed E-state index contributed by atoms with van der Waals surface area (Å²) in [6, 6.07) is 9.45. The maximum Gasteiger partial charge on any atom is 0.243 e. The quantitative estimate of drug-likeness (QED) is 0.771. The van der Waals surface area contributed by atoms with Crippen LogP contribution in [-0.2, 0) is 10.2 Å². The second kappa shape index (κ2) is 4.41. The number of ether oxygens (including phenoxy) is 3. The summed E-state index contributed by atoms with van der Waals surface area (Å²) in [6.07, 6.45) is 0. The second-order valence-electron chi connectivity index (χ2n) is 5.80. The van der Waals surface area contributed by atoms with Gasteiger partial charge >= 0.3 is 0 Å². The van der Waals surface area contributed by atoms with Crippen LogP contribution in [0, 0.1) is 0 Å². The van der Waals surface area contributed by atoms with E-state index < -0.39 is 5.41 Å². The summed E-state index contributed by atoms with van der Waals surface area (Å²) in [7, 11) is 0. The molecule has 6 heteroatoms. The average molecular weight is 374 g/mol. The molecule has 5 nitrogen and oxygen atoms in total. The number of amides is 1. The number of fused-ring (bicyclic) bond motifs is 5. The van der Waals surface area contributed by atoms with Crippen molar-refractivity contribution in [2.24, 2.45) is 0 Å². The Morgan fingerprint density at radius 2 is 1.83 bits per heavy atom. The van der Waals surface area contributed by atoms with E-state index in [1.165, 1.54) is 0 Å². The lowest BCUT2D eigenvalue weighted by atomic mass is 9.77. The highest BCUT2D eigenvalue weighted by Crippen LogP contribution is 2.54. The molecule has 116 valence electrons. The Labute approximate surface area is 140 Å². The summed E-state index contributed by atoms with van der Waals surface area (Å²) in [5.41, 5.74) is 1.71. The Hall–Kier alpha value is -2.21. The van der Waals surface area contributed by atoms with Gasteiger partial charge in [0.15, 0.2) is 11.5 Å². The van der Waals surface area contributed by atoms with E-state index in [4.69, 9.17) is 14.2 Å². The summed E-state index contributed by atoms with van der Waals surface area (Å²) in [6.45, 7) is 1.30.